The second-order valence-corrected chi connectivity index (χ2v) is 10.2. The Morgan fingerprint density at radius 3 is 2.18 bits per heavy atom. The molecule has 6 nitrogen and oxygen atoms in total. The third kappa shape index (κ3) is 5.78. The zero-order valence-electron chi connectivity index (χ0n) is 17.9. The molecule has 0 aromatic heterocycles. The second kappa shape index (κ2) is 9.85. The summed E-state index contributed by atoms with van der Waals surface area (Å²) in [5.74, 6) is 0.856. The Labute approximate surface area is 170 Å². The summed E-state index contributed by atoms with van der Waals surface area (Å²) in [5.41, 5.74) is 1.16. The number of carbonyl (C=O) groups excluding carboxylic acids is 1. The second-order valence-electron chi connectivity index (χ2n) is 8.31. The third-order valence-electron chi connectivity index (χ3n) is 5.93. The maximum absolute atomic E-state index is 12.9. The topological polar surface area (TPSA) is 70.9 Å². The standard InChI is InChI=1S/C21H35N3O3S/c1-6-17(4)19-7-9-20(10-8-19)28(26,27)24-13-11-23(12-14-24)15-21(25)22-18(5)16(2)3/h7-10,16-18H,6,11-15H2,1-5H3,(H,22,25)/p+1/t17-,18+/m0/s1. The van der Waals surface area contributed by atoms with Gasteiger partial charge in [-0.1, -0.05) is 39.8 Å². The summed E-state index contributed by atoms with van der Waals surface area (Å²) < 4.78 is 27.4. The number of hydrogen-bond acceptors (Lipinski definition) is 3. The van der Waals surface area contributed by atoms with Crippen LogP contribution in [0.25, 0.3) is 0 Å². The van der Waals surface area contributed by atoms with Gasteiger partial charge in [0.25, 0.3) is 5.91 Å². The molecular weight excluding hydrogens is 374 g/mol. The summed E-state index contributed by atoms with van der Waals surface area (Å²) in [6.45, 7) is 13.0. The monoisotopic (exact) mass is 410 g/mol. The maximum atomic E-state index is 12.9. The minimum atomic E-state index is -3.47. The van der Waals surface area contributed by atoms with E-state index in [1.54, 1.807) is 16.4 Å². The van der Waals surface area contributed by atoms with Crippen molar-refractivity contribution in [3.05, 3.63) is 29.8 Å². The van der Waals surface area contributed by atoms with Gasteiger partial charge in [-0.2, -0.15) is 4.31 Å². The number of nitrogens with zero attached hydrogens (tertiary/aromatic N) is 1. The van der Waals surface area contributed by atoms with Gasteiger partial charge in [-0.15, -0.1) is 0 Å². The van der Waals surface area contributed by atoms with Crippen LogP contribution in [0.5, 0.6) is 0 Å². The molecule has 0 spiro atoms. The number of rotatable bonds is 8. The average molecular weight is 411 g/mol. The molecule has 1 saturated heterocycles. The van der Waals surface area contributed by atoms with E-state index in [4.69, 9.17) is 0 Å². The number of sulfonamides is 1. The summed E-state index contributed by atoms with van der Waals surface area (Å²) in [6, 6.07) is 7.42. The molecule has 1 heterocycles. The fourth-order valence-corrected chi connectivity index (χ4v) is 4.71. The van der Waals surface area contributed by atoms with Gasteiger partial charge >= 0.3 is 0 Å². The predicted octanol–water partition coefficient (Wildman–Crippen LogP) is 1.25. The zero-order chi connectivity index (χ0) is 20.9. The number of nitrogens with one attached hydrogen (secondary N) is 2. The van der Waals surface area contributed by atoms with Gasteiger partial charge in [-0.05, 0) is 42.9 Å². The van der Waals surface area contributed by atoms with E-state index >= 15 is 0 Å². The quantitative estimate of drug-likeness (QED) is 0.678. The maximum Gasteiger partial charge on any atom is 0.275 e. The van der Waals surface area contributed by atoms with Crippen molar-refractivity contribution < 1.29 is 18.1 Å². The molecule has 1 aromatic carbocycles. The van der Waals surface area contributed by atoms with E-state index in [9.17, 15) is 13.2 Å². The fraction of sp³-hybridized carbons (Fsp3) is 0.667. The van der Waals surface area contributed by atoms with E-state index in [-0.39, 0.29) is 11.9 Å². The predicted molar refractivity (Wildman–Crippen MR) is 112 cm³/mol. The first-order valence-corrected chi connectivity index (χ1v) is 11.8. The molecular formula is C21H36N3O3S+. The van der Waals surface area contributed by atoms with Gasteiger partial charge in [-0.25, -0.2) is 8.42 Å². The highest BCUT2D eigenvalue weighted by atomic mass is 32.2. The van der Waals surface area contributed by atoms with Gasteiger partial charge in [0.05, 0.1) is 31.1 Å². The minimum Gasteiger partial charge on any atom is -0.348 e. The van der Waals surface area contributed by atoms with E-state index in [1.165, 1.54) is 0 Å². The number of benzene rings is 1. The van der Waals surface area contributed by atoms with Crippen LogP contribution in [-0.4, -0.2) is 57.4 Å². The van der Waals surface area contributed by atoms with Gasteiger partial charge in [0.1, 0.15) is 0 Å². The summed E-state index contributed by atoms with van der Waals surface area (Å²) in [5, 5.41) is 3.02. The Balaban J connectivity index is 1.92. The molecule has 1 aliphatic heterocycles. The molecule has 2 N–H and O–H groups in total. The van der Waals surface area contributed by atoms with Crippen LogP contribution in [0, 0.1) is 5.92 Å². The molecule has 7 heteroatoms. The smallest absolute Gasteiger partial charge is 0.275 e. The average Bonchev–Trinajstić information content (AvgIpc) is 2.67. The van der Waals surface area contributed by atoms with E-state index in [0.717, 1.165) is 16.9 Å². The highest BCUT2D eigenvalue weighted by Crippen LogP contribution is 2.22. The van der Waals surface area contributed by atoms with E-state index < -0.39 is 10.0 Å². The molecule has 0 unspecified atom stereocenters. The van der Waals surface area contributed by atoms with E-state index in [1.807, 2.05) is 19.1 Å². The molecule has 0 saturated carbocycles. The van der Waals surface area contributed by atoms with Crippen molar-refractivity contribution in [1.82, 2.24) is 9.62 Å². The van der Waals surface area contributed by atoms with Gasteiger partial charge in [0.2, 0.25) is 10.0 Å². The van der Waals surface area contributed by atoms with Crippen molar-refractivity contribution in [2.75, 3.05) is 32.7 Å². The van der Waals surface area contributed by atoms with Crippen LogP contribution in [0.1, 0.15) is 52.5 Å². The Bertz CT molecular complexity index is 739. The molecule has 2 rings (SSSR count). The summed E-state index contributed by atoms with van der Waals surface area (Å²) >= 11 is 0. The Kier molecular flexibility index (Phi) is 8.04. The molecule has 0 aliphatic carbocycles. The van der Waals surface area contributed by atoms with Crippen molar-refractivity contribution in [2.24, 2.45) is 5.92 Å². The number of carbonyl (C=O) groups is 1. The van der Waals surface area contributed by atoms with Crippen molar-refractivity contribution in [3.63, 3.8) is 0 Å². The van der Waals surface area contributed by atoms with Crippen LogP contribution in [-0.2, 0) is 14.8 Å². The Morgan fingerprint density at radius 1 is 1.11 bits per heavy atom. The number of quaternary nitrogens is 1. The number of amides is 1. The Morgan fingerprint density at radius 2 is 1.68 bits per heavy atom. The fourth-order valence-electron chi connectivity index (χ4n) is 3.27. The van der Waals surface area contributed by atoms with E-state index in [2.05, 4.69) is 33.0 Å². The van der Waals surface area contributed by atoms with Crippen LogP contribution in [0.15, 0.2) is 29.2 Å². The lowest BCUT2D eigenvalue weighted by molar-refractivity contribution is -0.895. The molecule has 0 bridgehead atoms. The van der Waals surface area contributed by atoms with Crippen LogP contribution >= 0.6 is 0 Å². The molecule has 0 radical (unpaired) electrons. The molecule has 1 amide bonds. The van der Waals surface area contributed by atoms with Crippen molar-refractivity contribution in [2.45, 2.75) is 57.9 Å². The highest BCUT2D eigenvalue weighted by Gasteiger charge is 2.31. The van der Waals surface area contributed by atoms with Gasteiger partial charge in [0, 0.05) is 6.04 Å². The summed E-state index contributed by atoms with van der Waals surface area (Å²) in [6.07, 6.45) is 1.03. The lowest BCUT2D eigenvalue weighted by Gasteiger charge is -2.31. The van der Waals surface area contributed by atoms with Gasteiger partial charge in [0.15, 0.2) is 6.54 Å². The van der Waals surface area contributed by atoms with Crippen LogP contribution in [0.4, 0.5) is 0 Å². The normalized spacial score (nSPS) is 18.8. The van der Waals surface area contributed by atoms with Crippen LogP contribution < -0.4 is 10.2 Å². The number of hydrogen-bond donors (Lipinski definition) is 2. The SMILES string of the molecule is CC[C@H](C)c1ccc(S(=O)(=O)N2CC[NH+](CC(=O)N[C@H](C)C(C)C)CC2)cc1. The molecule has 1 aromatic rings. The van der Waals surface area contributed by atoms with Crippen LogP contribution in [0.3, 0.4) is 0 Å². The van der Waals surface area contributed by atoms with Crippen molar-refractivity contribution >= 4 is 15.9 Å². The molecule has 1 fully saturated rings. The first kappa shape index (κ1) is 22.8. The van der Waals surface area contributed by atoms with Gasteiger partial charge in [-0.3, -0.25) is 4.79 Å². The van der Waals surface area contributed by atoms with E-state index in [0.29, 0.717) is 49.5 Å². The first-order chi connectivity index (χ1) is 13.1. The highest BCUT2D eigenvalue weighted by molar-refractivity contribution is 7.89. The first-order valence-electron chi connectivity index (χ1n) is 10.4. The lowest BCUT2D eigenvalue weighted by Crippen LogP contribution is -3.15. The minimum absolute atomic E-state index is 0.0353. The third-order valence-corrected chi connectivity index (χ3v) is 7.84. The van der Waals surface area contributed by atoms with Crippen molar-refractivity contribution in [3.8, 4) is 0 Å². The van der Waals surface area contributed by atoms with Crippen LogP contribution in [0.2, 0.25) is 0 Å². The summed E-state index contributed by atoms with van der Waals surface area (Å²) in [4.78, 5) is 13.7. The Hall–Kier alpha value is -1.44. The zero-order valence-corrected chi connectivity index (χ0v) is 18.7. The molecule has 158 valence electrons. The van der Waals surface area contributed by atoms with Gasteiger partial charge < -0.3 is 10.2 Å². The lowest BCUT2D eigenvalue weighted by atomic mass is 9.99. The number of piperazine rings is 1. The molecule has 28 heavy (non-hydrogen) atoms. The molecule has 2 atom stereocenters. The molecule has 1 aliphatic rings. The summed E-state index contributed by atoms with van der Waals surface area (Å²) in [7, 11) is -3.47. The largest absolute Gasteiger partial charge is 0.348 e. The van der Waals surface area contributed by atoms with Crippen molar-refractivity contribution in [1.29, 1.82) is 0 Å².